The van der Waals surface area contributed by atoms with Crippen LogP contribution in [0.2, 0.25) is 0 Å². The molecule has 0 unspecified atom stereocenters. The average molecular weight is 159 g/mol. The standard InChI is InChI=1S/C8H17NO2/c1-2-10-4-3-5-11-8-6-9-7-8/h8-9H,2-7H2,1H3. The van der Waals surface area contributed by atoms with Crippen LogP contribution in [0.3, 0.4) is 0 Å². The van der Waals surface area contributed by atoms with Crippen molar-refractivity contribution in [3.05, 3.63) is 0 Å². The molecule has 0 aliphatic carbocycles. The van der Waals surface area contributed by atoms with Gasteiger partial charge in [0.25, 0.3) is 0 Å². The predicted molar refractivity (Wildman–Crippen MR) is 43.7 cm³/mol. The van der Waals surface area contributed by atoms with Crippen LogP contribution in [0.4, 0.5) is 0 Å². The Labute approximate surface area is 68.1 Å². The zero-order chi connectivity index (χ0) is 7.94. The normalized spacial score (nSPS) is 18.3. The van der Waals surface area contributed by atoms with Gasteiger partial charge in [-0.1, -0.05) is 0 Å². The lowest BCUT2D eigenvalue weighted by Gasteiger charge is -2.26. The third-order valence-electron chi connectivity index (χ3n) is 1.73. The Hall–Kier alpha value is -0.120. The van der Waals surface area contributed by atoms with Gasteiger partial charge in [-0.3, -0.25) is 0 Å². The first-order chi connectivity index (χ1) is 5.43. The Kier molecular flexibility index (Phi) is 4.50. The molecule has 3 nitrogen and oxygen atoms in total. The number of hydrogen-bond donors (Lipinski definition) is 1. The Morgan fingerprint density at radius 2 is 2.18 bits per heavy atom. The second-order valence-electron chi connectivity index (χ2n) is 2.70. The highest BCUT2D eigenvalue weighted by Gasteiger charge is 2.15. The van der Waals surface area contributed by atoms with Gasteiger partial charge in [0, 0.05) is 32.9 Å². The van der Waals surface area contributed by atoms with Gasteiger partial charge in [-0.05, 0) is 13.3 Å². The van der Waals surface area contributed by atoms with Crippen LogP contribution in [0.15, 0.2) is 0 Å². The molecule has 3 heteroatoms. The number of rotatable bonds is 6. The van der Waals surface area contributed by atoms with Gasteiger partial charge in [0.15, 0.2) is 0 Å². The molecular formula is C8H17NO2. The van der Waals surface area contributed by atoms with E-state index in [1.807, 2.05) is 6.92 Å². The second-order valence-corrected chi connectivity index (χ2v) is 2.70. The van der Waals surface area contributed by atoms with Crippen molar-refractivity contribution >= 4 is 0 Å². The van der Waals surface area contributed by atoms with E-state index in [1.165, 1.54) is 0 Å². The SMILES string of the molecule is CCOCCCOC1CNC1. The van der Waals surface area contributed by atoms with Gasteiger partial charge in [0.1, 0.15) is 0 Å². The van der Waals surface area contributed by atoms with Crippen molar-refractivity contribution in [1.29, 1.82) is 0 Å². The van der Waals surface area contributed by atoms with Gasteiger partial charge in [0.2, 0.25) is 0 Å². The van der Waals surface area contributed by atoms with Crippen molar-refractivity contribution in [3.63, 3.8) is 0 Å². The predicted octanol–water partition coefficient (Wildman–Crippen LogP) is 0.401. The van der Waals surface area contributed by atoms with E-state index in [1.54, 1.807) is 0 Å². The molecule has 0 radical (unpaired) electrons. The Bertz CT molecular complexity index is 94.1. The molecule has 0 aromatic carbocycles. The minimum Gasteiger partial charge on any atom is -0.382 e. The summed E-state index contributed by atoms with van der Waals surface area (Å²) in [5.41, 5.74) is 0. The molecular weight excluding hydrogens is 142 g/mol. The van der Waals surface area contributed by atoms with E-state index < -0.39 is 0 Å². The zero-order valence-corrected chi connectivity index (χ0v) is 7.14. The molecule has 0 bridgehead atoms. The lowest BCUT2D eigenvalue weighted by atomic mass is 10.2. The summed E-state index contributed by atoms with van der Waals surface area (Å²) in [6.07, 6.45) is 1.49. The van der Waals surface area contributed by atoms with Gasteiger partial charge in [-0.25, -0.2) is 0 Å². The van der Waals surface area contributed by atoms with E-state index in [4.69, 9.17) is 9.47 Å². The summed E-state index contributed by atoms with van der Waals surface area (Å²) >= 11 is 0. The maximum atomic E-state index is 5.48. The van der Waals surface area contributed by atoms with Gasteiger partial charge in [-0.15, -0.1) is 0 Å². The van der Waals surface area contributed by atoms with Crippen LogP contribution in [-0.4, -0.2) is 39.0 Å². The summed E-state index contributed by atoms with van der Waals surface area (Å²) in [6.45, 7) is 6.54. The van der Waals surface area contributed by atoms with Crippen molar-refractivity contribution in [2.24, 2.45) is 0 Å². The Morgan fingerprint density at radius 1 is 1.36 bits per heavy atom. The highest BCUT2D eigenvalue weighted by atomic mass is 16.5. The fourth-order valence-electron chi connectivity index (χ4n) is 0.935. The Morgan fingerprint density at radius 3 is 2.73 bits per heavy atom. The van der Waals surface area contributed by atoms with Crippen molar-refractivity contribution in [1.82, 2.24) is 5.32 Å². The van der Waals surface area contributed by atoms with E-state index in [-0.39, 0.29) is 0 Å². The molecule has 0 aromatic rings. The molecule has 1 fully saturated rings. The van der Waals surface area contributed by atoms with Crippen LogP contribution in [0, 0.1) is 0 Å². The fraction of sp³-hybridized carbons (Fsp3) is 1.00. The summed E-state index contributed by atoms with van der Waals surface area (Å²) in [5.74, 6) is 0. The van der Waals surface area contributed by atoms with E-state index >= 15 is 0 Å². The van der Waals surface area contributed by atoms with Crippen molar-refractivity contribution in [3.8, 4) is 0 Å². The third-order valence-corrected chi connectivity index (χ3v) is 1.73. The molecule has 0 atom stereocenters. The zero-order valence-electron chi connectivity index (χ0n) is 7.14. The minimum atomic E-state index is 0.469. The largest absolute Gasteiger partial charge is 0.382 e. The first-order valence-corrected chi connectivity index (χ1v) is 4.33. The van der Waals surface area contributed by atoms with Crippen molar-refractivity contribution in [2.45, 2.75) is 19.4 Å². The van der Waals surface area contributed by atoms with Crippen LogP contribution in [0.1, 0.15) is 13.3 Å². The van der Waals surface area contributed by atoms with Crippen molar-refractivity contribution < 1.29 is 9.47 Å². The lowest BCUT2D eigenvalue weighted by Crippen LogP contribution is -2.48. The lowest BCUT2D eigenvalue weighted by molar-refractivity contribution is 0.00691. The Balaban J connectivity index is 1.73. The maximum Gasteiger partial charge on any atom is 0.0823 e. The van der Waals surface area contributed by atoms with Crippen LogP contribution in [-0.2, 0) is 9.47 Å². The minimum absolute atomic E-state index is 0.469. The summed E-state index contributed by atoms with van der Waals surface area (Å²) < 4.78 is 10.7. The molecule has 0 aromatic heterocycles. The number of hydrogen-bond acceptors (Lipinski definition) is 3. The molecule has 1 rings (SSSR count). The van der Waals surface area contributed by atoms with E-state index in [2.05, 4.69) is 5.32 Å². The van der Waals surface area contributed by atoms with Gasteiger partial charge >= 0.3 is 0 Å². The van der Waals surface area contributed by atoms with Crippen LogP contribution in [0.25, 0.3) is 0 Å². The molecule has 1 saturated heterocycles. The first kappa shape index (κ1) is 8.97. The van der Waals surface area contributed by atoms with E-state index in [0.29, 0.717) is 6.10 Å². The first-order valence-electron chi connectivity index (χ1n) is 4.33. The van der Waals surface area contributed by atoms with Crippen LogP contribution < -0.4 is 5.32 Å². The van der Waals surface area contributed by atoms with E-state index in [0.717, 1.165) is 39.3 Å². The monoisotopic (exact) mass is 159 g/mol. The molecule has 0 amide bonds. The quantitative estimate of drug-likeness (QED) is 0.569. The highest BCUT2D eigenvalue weighted by molar-refractivity contribution is 4.74. The van der Waals surface area contributed by atoms with Gasteiger partial charge < -0.3 is 14.8 Å². The summed E-state index contributed by atoms with van der Waals surface area (Å²) in [7, 11) is 0. The smallest absolute Gasteiger partial charge is 0.0823 e. The van der Waals surface area contributed by atoms with E-state index in [9.17, 15) is 0 Å². The van der Waals surface area contributed by atoms with Gasteiger partial charge in [0.05, 0.1) is 6.10 Å². The molecule has 1 aliphatic heterocycles. The molecule has 1 heterocycles. The highest BCUT2D eigenvalue weighted by Crippen LogP contribution is 1.98. The van der Waals surface area contributed by atoms with Crippen LogP contribution in [0.5, 0.6) is 0 Å². The molecule has 66 valence electrons. The molecule has 1 aliphatic rings. The molecule has 0 saturated carbocycles. The van der Waals surface area contributed by atoms with Crippen LogP contribution >= 0.6 is 0 Å². The van der Waals surface area contributed by atoms with Crippen molar-refractivity contribution in [2.75, 3.05) is 32.9 Å². The topological polar surface area (TPSA) is 30.5 Å². The summed E-state index contributed by atoms with van der Waals surface area (Å²) in [6, 6.07) is 0. The summed E-state index contributed by atoms with van der Waals surface area (Å²) in [4.78, 5) is 0. The average Bonchev–Trinajstić information content (AvgIpc) is 1.93. The number of nitrogens with one attached hydrogen (secondary N) is 1. The molecule has 1 N–H and O–H groups in total. The van der Waals surface area contributed by atoms with Gasteiger partial charge in [-0.2, -0.15) is 0 Å². The fourth-order valence-corrected chi connectivity index (χ4v) is 0.935. The number of ether oxygens (including phenoxy) is 2. The maximum absolute atomic E-state index is 5.48. The molecule has 11 heavy (non-hydrogen) atoms. The second kappa shape index (κ2) is 5.52. The summed E-state index contributed by atoms with van der Waals surface area (Å²) in [5, 5.41) is 3.16. The molecule has 0 spiro atoms. The third kappa shape index (κ3) is 3.70.